The lowest BCUT2D eigenvalue weighted by atomic mass is 10.0. The summed E-state index contributed by atoms with van der Waals surface area (Å²) in [4.78, 5) is 11.8. The van der Waals surface area contributed by atoms with Crippen molar-refractivity contribution < 1.29 is 4.79 Å². The van der Waals surface area contributed by atoms with Crippen LogP contribution in [-0.2, 0) is 0 Å². The van der Waals surface area contributed by atoms with Gasteiger partial charge in [0.05, 0.1) is 5.75 Å². The first-order valence-electron chi connectivity index (χ1n) is 4.83. The lowest BCUT2D eigenvalue weighted by Gasteiger charge is -2.05. The third-order valence-corrected chi connectivity index (χ3v) is 3.01. The van der Waals surface area contributed by atoms with Gasteiger partial charge in [-0.05, 0) is 31.2 Å². The Morgan fingerprint density at radius 2 is 2.07 bits per heavy atom. The molecule has 0 amide bonds. The van der Waals surface area contributed by atoms with Gasteiger partial charge in [-0.3, -0.25) is 4.79 Å². The SMILES string of the molecule is CCSCC(=O)c1cc(C)ccc1C. The number of aryl methyl sites for hydroxylation is 2. The number of thioether (sulfide) groups is 1. The maximum Gasteiger partial charge on any atom is 0.172 e. The number of rotatable bonds is 4. The maximum absolute atomic E-state index is 11.8. The number of Topliss-reactive ketones (excluding diaryl/α,β-unsaturated/α-hetero) is 1. The van der Waals surface area contributed by atoms with Gasteiger partial charge in [-0.2, -0.15) is 11.8 Å². The van der Waals surface area contributed by atoms with E-state index in [0.717, 1.165) is 22.4 Å². The Morgan fingerprint density at radius 3 is 2.71 bits per heavy atom. The minimum absolute atomic E-state index is 0.248. The van der Waals surface area contributed by atoms with Crippen LogP contribution in [0.25, 0.3) is 0 Å². The van der Waals surface area contributed by atoms with Crippen molar-refractivity contribution in [1.82, 2.24) is 0 Å². The lowest BCUT2D eigenvalue weighted by molar-refractivity contribution is 0.102. The van der Waals surface area contributed by atoms with Crippen LogP contribution in [0, 0.1) is 13.8 Å². The van der Waals surface area contributed by atoms with E-state index in [1.165, 1.54) is 0 Å². The van der Waals surface area contributed by atoms with Crippen molar-refractivity contribution in [3.8, 4) is 0 Å². The minimum atomic E-state index is 0.248. The Hall–Kier alpha value is -0.760. The molecule has 0 saturated heterocycles. The highest BCUT2D eigenvalue weighted by molar-refractivity contribution is 7.99. The molecule has 1 aromatic carbocycles. The van der Waals surface area contributed by atoms with Gasteiger partial charge in [0.2, 0.25) is 0 Å². The molecule has 0 bridgehead atoms. The van der Waals surface area contributed by atoms with E-state index < -0.39 is 0 Å². The van der Waals surface area contributed by atoms with Crippen molar-refractivity contribution in [2.24, 2.45) is 0 Å². The van der Waals surface area contributed by atoms with E-state index in [9.17, 15) is 4.79 Å². The summed E-state index contributed by atoms with van der Waals surface area (Å²) in [6.45, 7) is 6.08. The van der Waals surface area contributed by atoms with E-state index in [4.69, 9.17) is 0 Å². The summed E-state index contributed by atoms with van der Waals surface area (Å²) in [5, 5.41) is 0. The number of carbonyl (C=O) groups is 1. The van der Waals surface area contributed by atoms with Crippen molar-refractivity contribution in [2.75, 3.05) is 11.5 Å². The van der Waals surface area contributed by atoms with Crippen LogP contribution in [0.1, 0.15) is 28.4 Å². The molecule has 0 spiro atoms. The molecule has 1 aromatic rings. The molecule has 0 aromatic heterocycles. The van der Waals surface area contributed by atoms with Gasteiger partial charge in [0.15, 0.2) is 5.78 Å². The van der Waals surface area contributed by atoms with Crippen molar-refractivity contribution in [2.45, 2.75) is 20.8 Å². The number of hydrogen-bond acceptors (Lipinski definition) is 2. The van der Waals surface area contributed by atoms with Crippen LogP contribution >= 0.6 is 11.8 Å². The highest BCUT2D eigenvalue weighted by atomic mass is 32.2. The fourth-order valence-corrected chi connectivity index (χ4v) is 1.85. The second kappa shape index (κ2) is 5.20. The van der Waals surface area contributed by atoms with Crippen molar-refractivity contribution in [3.05, 3.63) is 34.9 Å². The van der Waals surface area contributed by atoms with E-state index in [1.807, 2.05) is 32.0 Å². The maximum atomic E-state index is 11.8. The molecular weight excluding hydrogens is 192 g/mol. The molecule has 0 aliphatic rings. The normalized spacial score (nSPS) is 10.2. The zero-order chi connectivity index (χ0) is 10.6. The van der Waals surface area contributed by atoms with Crippen LogP contribution in [0.5, 0.6) is 0 Å². The van der Waals surface area contributed by atoms with Gasteiger partial charge in [-0.25, -0.2) is 0 Å². The Bertz CT molecular complexity index is 331. The van der Waals surface area contributed by atoms with Crippen LogP contribution in [0.3, 0.4) is 0 Å². The van der Waals surface area contributed by atoms with Gasteiger partial charge in [-0.15, -0.1) is 0 Å². The molecule has 0 aliphatic carbocycles. The van der Waals surface area contributed by atoms with Gasteiger partial charge in [0, 0.05) is 5.56 Å². The molecule has 0 radical (unpaired) electrons. The molecule has 0 heterocycles. The number of carbonyl (C=O) groups excluding carboxylic acids is 1. The van der Waals surface area contributed by atoms with E-state index in [0.29, 0.717) is 5.75 Å². The Kier molecular flexibility index (Phi) is 4.21. The summed E-state index contributed by atoms with van der Waals surface area (Å²) in [7, 11) is 0. The molecule has 0 saturated carbocycles. The molecular formula is C12H16OS. The summed E-state index contributed by atoms with van der Waals surface area (Å²) in [6.07, 6.45) is 0. The second-order valence-corrected chi connectivity index (χ2v) is 4.65. The third-order valence-electron chi connectivity index (χ3n) is 2.13. The second-order valence-electron chi connectivity index (χ2n) is 3.38. The van der Waals surface area contributed by atoms with Crippen LogP contribution in [0.2, 0.25) is 0 Å². The van der Waals surface area contributed by atoms with Gasteiger partial charge < -0.3 is 0 Å². The van der Waals surface area contributed by atoms with E-state index in [1.54, 1.807) is 11.8 Å². The molecule has 14 heavy (non-hydrogen) atoms. The molecule has 76 valence electrons. The smallest absolute Gasteiger partial charge is 0.172 e. The van der Waals surface area contributed by atoms with Gasteiger partial charge in [0.1, 0.15) is 0 Å². The zero-order valence-corrected chi connectivity index (χ0v) is 9.78. The predicted molar refractivity (Wildman–Crippen MR) is 63.2 cm³/mol. The Balaban J connectivity index is 2.83. The topological polar surface area (TPSA) is 17.1 Å². The largest absolute Gasteiger partial charge is 0.293 e. The molecule has 0 N–H and O–H groups in total. The molecule has 0 fully saturated rings. The van der Waals surface area contributed by atoms with Crippen molar-refractivity contribution in [3.63, 3.8) is 0 Å². The summed E-state index contributed by atoms with van der Waals surface area (Å²) < 4.78 is 0. The first kappa shape index (κ1) is 11.3. The van der Waals surface area contributed by atoms with Crippen LogP contribution in [0.15, 0.2) is 18.2 Å². The van der Waals surface area contributed by atoms with Crippen LogP contribution in [0.4, 0.5) is 0 Å². The van der Waals surface area contributed by atoms with Crippen LogP contribution < -0.4 is 0 Å². The van der Waals surface area contributed by atoms with Gasteiger partial charge in [0.25, 0.3) is 0 Å². The molecule has 0 unspecified atom stereocenters. The number of benzene rings is 1. The lowest BCUT2D eigenvalue weighted by Crippen LogP contribution is -2.05. The third kappa shape index (κ3) is 2.88. The Labute approximate surface area is 89.9 Å². The first-order chi connectivity index (χ1) is 6.65. The number of ketones is 1. The summed E-state index contributed by atoms with van der Waals surface area (Å²) >= 11 is 1.68. The fraction of sp³-hybridized carbons (Fsp3) is 0.417. The summed E-state index contributed by atoms with van der Waals surface area (Å²) in [5.41, 5.74) is 3.11. The van der Waals surface area contributed by atoms with Gasteiger partial charge >= 0.3 is 0 Å². The quantitative estimate of drug-likeness (QED) is 0.707. The van der Waals surface area contributed by atoms with Gasteiger partial charge in [-0.1, -0.05) is 24.6 Å². The Morgan fingerprint density at radius 1 is 1.36 bits per heavy atom. The highest BCUT2D eigenvalue weighted by Gasteiger charge is 2.08. The van der Waals surface area contributed by atoms with E-state index >= 15 is 0 Å². The molecule has 1 rings (SSSR count). The highest BCUT2D eigenvalue weighted by Crippen LogP contribution is 2.13. The molecule has 0 atom stereocenters. The monoisotopic (exact) mass is 208 g/mol. The standard InChI is InChI=1S/C12H16OS/c1-4-14-8-12(13)11-7-9(2)5-6-10(11)3/h5-7H,4,8H2,1-3H3. The van der Waals surface area contributed by atoms with Crippen molar-refractivity contribution >= 4 is 17.5 Å². The minimum Gasteiger partial charge on any atom is -0.293 e. The zero-order valence-electron chi connectivity index (χ0n) is 8.96. The van der Waals surface area contributed by atoms with Crippen LogP contribution in [-0.4, -0.2) is 17.3 Å². The first-order valence-corrected chi connectivity index (χ1v) is 5.98. The van der Waals surface area contributed by atoms with Crippen molar-refractivity contribution in [1.29, 1.82) is 0 Å². The molecule has 1 nitrogen and oxygen atoms in total. The molecule has 2 heteroatoms. The molecule has 0 aliphatic heterocycles. The predicted octanol–water partition coefficient (Wildman–Crippen LogP) is 3.24. The average molecular weight is 208 g/mol. The average Bonchev–Trinajstić information content (AvgIpc) is 2.18. The number of hydrogen-bond donors (Lipinski definition) is 0. The fourth-order valence-electron chi connectivity index (χ4n) is 1.31. The van der Waals surface area contributed by atoms with E-state index in [2.05, 4.69) is 6.92 Å². The van der Waals surface area contributed by atoms with E-state index in [-0.39, 0.29) is 5.78 Å². The summed E-state index contributed by atoms with van der Waals surface area (Å²) in [5.74, 6) is 1.84. The summed E-state index contributed by atoms with van der Waals surface area (Å²) in [6, 6.07) is 6.03.